The van der Waals surface area contributed by atoms with Crippen LogP contribution in [0.15, 0.2) is 18.3 Å². The van der Waals surface area contributed by atoms with Gasteiger partial charge in [0.1, 0.15) is 0 Å². The largest absolute Gasteiger partial charge is 0.418 e. The van der Waals surface area contributed by atoms with Crippen LogP contribution in [0.4, 0.5) is 13.2 Å². The van der Waals surface area contributed by atoms with E-state index in [0.29, 0.717) is 13.1 Å². The predicted molar refractivity (Wildman–Crippen MR) is 82.2 cm³/mol. The number of pyridine rings is 1. The summed E-state index contributed by atoms with van der Waals surface area (Å²) >= 11 is 0. The van der Waals surface area contributed by atoms with Gasteiger partial charge in [-0.3, -0.25) is 9.78 Å². The summed E-state index contributed by atoms with van der Waals surface area (Å²) in [5.74, 6) is -0.174. The topological polar surface area (TPSA) is 57.3 Å². The molecule has 0 bridgehead atoms. The Hall–Kier alpha value is -1.67. The zero-order valence-corrected chi connectivity index (χ0v) is 13.3. The average molecular weight is 342 g/mol. The van der Waals surface area contributed by atoms with Crippen molar-refractivity contribution < 1.29 is 18.0 Å². The SMILES string of the molecule is O=C(C1CCNCC1)N1CCNCC1c1ncccc1C(F)(F)F. The zero-order valence-electron chi connectivity index (χ0n) is 13.3. The van der Waals surface area contributed by atoms with Crippen molar-refractivity contribution in [3.8, 4) is 0 Å². The van der Waals surface area contributed by atoms with Gasteiger partial charge in [-0.1, -0.05) is 0 Å². The number of carbonyl (C=O) groups excluding carboxylic acids is 1. The number of amides is 1. The van der Waals surface area contributed by atoms with E-state index >= 15 is 0 Å². The number of nitrogens with one attached hydrogen (secondary N) is 2. The average Bonchev–Trinajstić information content (AvgIpc) is 2.61. The van der Waals surface area contributed by atoms with E-state index in [9.17, 15) is 18.0 Å². The molecule has 8 heteroatoms. The van der Waals surface area contributed by atoms with Gasteiger partial charge in [0, 0.05) is 31.7 Å². The first kappa shape index (κ1) is 17.2. The van der Waals surface area contributed by atoms with Crippen LogP contribution in [0.5, 0.6) is 0 Å². The molecule has 1 aromatic rings. The van der Waals surface area contributed by atoms with Crippen LogP contribution in [0.3, 0.4) is 0 Å². The second kappa shape index (κ2) is 7.06. The highest BCUT2D eigenvalue weighted by Crippen LogP contribution is 2.36. The first-order valence-corrected chi connectivity index (χ1v) is 8.22. The number of hydrogen-bond acceptors (Lipinski definition) is 4. The second-order valence-electron chi connectivity index (χ2n) is 6.21. The van der Waals surface area contributed by atoms with Gasteiger partial charge in [-0.25, -0.2) is 0 Å². The standard InChI is InChI=1S/C16H21F3N4O/c17-16(18,19)12-2-1-5-22-14(12)13-10-21-8-9-23(13)15(24)11-3-6-20-7-4-11/h1-2,5,11,13,20-21H,3-4,6-10H2. The van der Waals surface area contributed by atoms with Crippen molar-refractivity contribution >= 4 is 5.91 Å². The molecule has 3 rings (SSSR count). The van der Waals surface area contributed by atoms with Crippen LogP contribution >= 0.6 is 0 Å². The van der Waals surface area contributed by atoms with Gasteiger partial charge >= 0.3 is 6.18 Å². The molecular formula is C16H21F3N4O. The van der Waals surface area contributed by atoms with E-state index in [2.05, 4.69) is 15.6 Å². The maximum Gasteiger partial charge on any atom is 0.418 e. The Labute approximate surface area is 138 Å². The molecule has 0 aromatic carbocycles. The summed E-state index contributed by atoms with van der Waals surface area (Å²) in [7, 11) is 0. The van der Waals surface area contributed by atoms with E-state index in [1.54, 1.807) is 4.90 Å². The van der Waals surface area contributed by atoms with Crippen LogP contribution in [0, 0.1) is 5.92 Å². The molecule has 0 aliphatic carbocycles. The smallest absolute Gasteiger partial charge is 0.331 e. The van der Waals surface area contributed by atoms with E-state index < -0.39 is 17.8 Å². The van der Waals surface area contributed by atoms with Gasteiger partial charge in [0.2, 0.25) is 5.91 Å². The fourth-order valence-corrected chi connectivity index (χ4v) is 3.44. The number of nitrogens with zero attached hydrogens (tertiary/aromatic N) is 2. The highest BCUT2D eigenvalue weighted by atomic mass is 19.4. The Balaban J connectivity index is 1.89. The number of piperidine rings is 1. The van der Waals surface area contributed by atoms with Gasteiger partial charge in [-0.15, -0.1) is 0 Å². The van der Waals surface area contributed by atoms with Crippen molar-refractivity contribution in [2.24, 2.45) is 5.92 Å². The van der Waals surface area contributed by atoms with E-state index in [0.717, 1.165) is 32.0 Å². The van der Waals surface area contributed by atoms with E-state index in [1.807, 2.05) is 0 Å². The normalized spacial score (nSPS) is 23.3. The molecule has 0 saturated carbocycles. The summed E-state index contributed by atoms with van der Waals surface area (Å²) in [6.45, 7) is 2.81. The van der Waals surface area contributed by atoms with Gasteiger partial charge in [0.05, 0.1) is 17.3 Å². The number of carbonyl (C=O) groups is 1. The highest BCUT2D eigenvalue weighted by molar-refractivity contribution is 5.79. The van der Waals surface area contributed by atoms with E-state index in [1.165, 1.54) is 12.3 Å². The van der Waals surface area contributed by atoms with Gasteiger partial charge < -0.3 is 15.5 Å². The van der Waals surface area contributed by atoms with Gasteiger partial charge in [-0.2, -0.15) is 13.2 Å². The Morgan fingerprint density at radius 2 is 1.96 bits per heavy atom. The molecule has 0 radical (unpaired) electrons. The fraction of sp³-hybridized carbons (Fsp3) is 0.625. The first-order valence-electron chi connectivity index (χ1n) is 8.22. The maximum atomic E-state index is 13.3. The van der Waals surface area contributed by atoms with Crippen LogP contribution < -0.4 is 10.6 Å². The van der Waals surface area contributed by atoms with Crippen molar-refractivity contribution in [2.75, 3.05) is 32.7 Å². The van der Waals surface area contributed by atoms with Gasteiger partial charge in [0.15, 0.2) is 0 Å². The molecule has 132 valence electrons. The number of piperazine rings is 1. The molecule has 1 unspecified atom stereocenters. The van der Waals surface area contributed by atoms with Gasteiger partial charge in [0.25, 0.3) is 0 Å². The molecule has 2 aliphatic rings. The Bertz CT molecular complexity index is 587. The molecule has 2 N–H and O–H groups in total. The Morgan fingerprint density at radius 3 is 2.67 bits per heavy atom. The van der Waals surface area contributed by atoms with Crippen LogP contribution in [-0.4, -0.2) is 48.5 Å². The highest BCUT2D eigenvalue weighted by Gasteiger charge is 2.40. The zero-order chi connectivity index (χ0) is 17.2. The minimum absolute atomic E-state index is 0.0539. The molecule has 0 spiro atoms. The molecule has 1 atom stereocenters. The molecule has 1 amide bonds. The lowest BCUT2D eigenvalue weighted by atomic mass is 9.94. The monoisotopic (exact) mass is 342 g/mol. The molecule has 5 nitrogen and oxygen atoms in total. The summed E-state index contributed by atoms with van der Waals surface area (Å²) in [4.78, 5) is 18.4. The van der Waals surface area contributed by atoms with Crippen LogP contribution in [0.1, 0.15) is 30.1 Å². The van der Waals surface area contributed by atoms with Crippen LogP contribution in [0.2, 0.25) is 0 Å². The molecule has 2 fully saturated rings. The first-order chi connectivity index (χ1) is 11.5. The minimum atomic E-state index is -4.48. The molecule has 2 aliphatic heterocycles. The summed E-state index contributed by atoms with van der Waals surface area (Å²) in [5, 5.41) is 6.29. The third-order valence-electron chi connectivity index (χ3n) is 4.67. The third kappa shape index (κ3) is 3.54. The van der Waals surface area contributed by atoms with Gasteiger partial charge in [-0.05, 0) is 38.1 Å². The third-order valence-corrected chi connectivity index (χ3v) is 4.67. The minimum Gasteiger partial charge on any atom is -0.331 e. The molecule has 24 heavy (non-hydrogen) atoms. The molecule has 2 saturated heterocycles. The van der Waals surface area contributed by atoms with E-state index in [-0.39, 0.29) is 24.1 Å². The molecule has 3 heterocycles. The number of halogens is 3. The number of aromatic nitrogens is 1. The predicted octanol–water partition coefficient (Wildman–Crippen LogP) is 1.57. The summed E-state index contributed by atoms with van der Waals surface area (Å²) in [6.07, 6.45) is -1.68. The lowest BCUT2D eigenvalue weighted by Gasteiger charge is -2.39. The quantitative estimate of drug-likeness (QED) is 0.857. The number of rotatable bonds is 2. The van der Waals surface area contributed by atoms with Crippen molar-refractivity contribution in [3.63, 3.8) is 0 Å². The van der Waals surface area contributed by atoms with Crippen molar-refractivity contribution in [2.45, 2.75) is 25.1 Å². The van der Waals surface area contributed by atoms with Crippen molar-refractivity contribution in [1.82, 2.24) is 20.5 Å². The maximum absolute atomic E-state index is 13.3. The second-order valence-corrected chi connectivity index (χ2v) is 6.21. The lowest BCUT2D eigenvalue weighted by Crippen LogP contribution is -2.52. The Kier molecular flexibility index (Phi) is 5.05. The van der Waals surface area contributed by atoms with Crippen molar-refractivity contribution in [3.05, 3.63) is 29.6 Å². The Morgan fingerprint density at radius 1 is 1.21 bits per heavy atom. The summed E-state index contributed by atoms with van der Waals surface area (Å²) < 4.78 is 39.9. The lowest BCUT2D eigenvalue weighted by molar-refractivity contribution is -0.144. The molecular weight excluding hydrogens is 321 g/mol. The molecule has 1 aromatic heterocycles. The summed E-state index contributed by atoms with van der Waals surface area (Å²) in [6, 6.07) is 1.63. The van der Waals surface area contributed by atoms with Crippen molar-refractivity contribution in [1.29, 1.82) is 0 Å². The number of hydrogen-bond donors (Lipinski definition) is 2. The van der Waals surface area contributed by atoms with Crippen LogP contribution in [-0.2, 0) is 11.0 Å². The summed E-state index contributed by atoms with van der Waals surface area (Å²) in [5.41, 5.74) is -0.832. The number of alkyl halides is 3. The fourth-order valence-electron chi connectivity index (χ4n) is 3.44. The van der Waals surface area contributed by atoms with E-state index in [4.69, 9.17) is 0 Å². The van der Waals surface area contributed by atoms with Crippen LogP contribution in [0.25, 0.3) is 0 Å².